The fourth-order valence-electron chi connectivity index (χ4n) is 8.88. The van der Waals surface area contributed by atoms with Crippen LogP contribution in [0.25, 0.3) is 0 Å². The van der Waals surface area contributed by atoms with Crippen molar-refractivity contribution in [1.82, 2.24) is 0 Å². The number of hydrogen-bond donors (Lipinski definition) is 2. The first kappa shape index (κ1) is 51.9. The molecule has 0 amide bonds. The summed E-state index contributed by atoms with van der Waals surface area (Å²) in [6.45, 7) is 9.01. The van der Waals surface area contributed by atoms with E-state index in [0.717, 1.165) is 77.0 Å². The molecule has 0 saturated heterocycles. The second-order valence-corrected chi connectivity index (χ2v) is 17.6. The maximum Gasteiger partial charge on any atom is 0.309 e. The molecule has 0 unspecified atom stereocenters. The smallest absolute Gasteiger partial charge is 0.309 e. The lowest BCUT2D eigenvalue weighted by Crippen LogP contribution is -2.31. The summed E-state index contributed by atoms with van der Waals surface area (Å²) in [6, 6.07) is 0. The van der Waals surface area contributed by atoms with Gasteiger partial charge in [0.25, 0.3) is 0 Å². The number of carboxylic acid groups (broad SMARTS) is 2. The Balaban J connectivity index is 4.49. The van der Waals surface area contributed by atoms with Gasteiger partial charge in [-0.25, -0.2) is 0 Å². The van der Waals surface area contributed by atoms with Crippen molar-refractivity contribution in [2.45, 2.75) is 291 Å². The Morgan fingerprint density at radius 2 is 0.396 bits per heavy atom. The minimum atomic E-state index is -0.524. The Labute approximate surface area is 332 Å². The third-order valence-corrected chi connectivity index (χ3v) is 12.8. The normalized spacial score (nSPS) is 12.2. The van der Waals surface area contributed by atoms with Gasteiger partial charge in [-0.05, 0) is 38.5 Å². The highest BCUT2D eigenvalue weighted by Crippen LogP contribution is 2.39. The molecule has 0 aliphatic heterocycles. The Morgan fingerprint density at radius 3 is 0.528 bits per heavy atom. The van der Waals surface area contributed by atoms with Crippen molar-refractivity contribution < 1.29 is 19.8 Å². The molecule has 0 saturated carbocycles. The van der Waals surface area contributed by atoms with Gasteiger partial charge in [-0.15, -0.1) is 0 Å². The van der Waals surface area contributed by atoms with Crippen LogP contribution in [0.1, 0.15) is 291 Å². The van der Waals surface area contributed by atoms with Crippen LogP contribution in [0.3, 0.4) is 0 Å². The largest absolute Gasteiger partial charge is 0.481 e. The van der Waals surface area contributed by atoms with E-state index in [1.165, 1.54) is 186 Å². The molecule has 0 bridgehead atoms. The van der Waals surface area contributed by atoms with Gasteiger partial charge in [0.2, 0.25) is 0 Å². The van der Waals surface area contributed by atoms with Crippen LogP contribution in [0.15, 0.2) is 0 Å². The highest BCUT2D eigenvalue weighted by atomic mass is 16.4. The molecule has 2 N–H and O–H groups in total. The van der Waals surface area contributed by atoms with Crippen molar-refractivity contribution in [1.29, 1.82) is 0 Å². The molecule has 0 aromatic carbocycles. The highest BCUT2D eigenvalue weighted by Gasteiger charge is 2.37. The van der Waals surface area contributed by atoms with E-state index in [0.29, 0.717) is 0 Å². The van der Waals surface area contributed by atoms with E-state index in [9.17, 15) is 19.8 Å². The van der Waals surface area contributed by atoms with Crippen molar-refractivity contribution >= 4 is 11.9 Å². The van der Waals surface area contributed by atoms with Crippen LogP contribution in [-0.4, -0.2) is 22.2 Å². The van der Waals surface area contributed by atoms with E-state index in [2.05, 4.69) is 27.7 Å². The first-order chi connectivity index (χ1) is 25.8. The number of hydrogen-bond acceptors (Lipinski definition) is 2. The lowest BCUT2D eigenvalue weighted by atomic mass is 9.74. The number of carbonyl (C=O) groups is 2. The first-order valence-corrected chi connectivity index (χ1v) is 24.3. The van der Waals surface area contributed by atoms with Gasteiger partial charge in [-0.2, -0.15) is 0 Å². The Kier molecular flexibility index (Phi) is 37.1. The summed E-state index contributed by atoms with van der Waals surface area (Å²) in [6.07, 6.45) is 48.1. The monoisotopic (exact) mass is 749 g/mol. The molecule has 0 heterocycles. The van der Waals surface area contributed by atoms with Crippen molar-refractivity contribution in [3.8, 4) is 0 Å². The van der Waals surface area contributed by atoms with Gasteiger partial charge in [0.05, 0.1) is 10.8 Å². The number of aliphatic carboxylic acids is 2. The zero-order valence-corrected chi connectivity index (χ0v) is 36.7. The molecule has 0 aromatic heterocycles. The van der Waals surface area contributed by atoms with Crippen LogP contribution in [0.4, 0.5) is 0 Å². The molecule has 0 fully saturated rings. The maximum atomic E-state index is 12.7. The summed E-state index contributed by atoms with van der Waals surface area (Å²) < 4.78 is 0. The predicted octanol–water partition coefficient (Wildman–Crippen LogP) is 17.2. The molecule has 0 aliphatic carbocycles. The second-order valence-electron chi connectivity index (χ2n) is 17.6. The lowest BCUT2D eigenvalue weighted by molar-refractivity contribution is -0.151. The zero-order valence-electron chi connectivity index (χ0n) is 36.7. The molecule has 4 heteroatoms. The molecule has 0 rings (SSSR count). The van der Waals surface area contributed by atoms with Gasteiger partial charge in [0.1, 0.15) is 0 Å². The lowest BCUT2D eigenvalue weighted by Gasteiger charge is -2.30. The Hall–Kier alpha value is -1.06. The molecule has 0 aliphatic rings. The molecule has 53 heavy (non-hydrogen) atoms. The summed E-state index contributed by atoms with van der Waals surface area (Å²) in [4.78, 5) is 25.4. The fourth-order valence-corrected chi connectivity index (χ4v) is 8.88. The van der Waals surface area contributed by atoms with E-state index < -0.39 is 22.8 Å². The van der Waals surface area contributed by atoms with E-state index >= 15 is 0 Å². The fraction of sp³-hybridized carbons (Fsp3) is 0.959. The SMILES string of the molecule is CCCCCCCCC(CCCCCCCC)(CCCCCCCCCCCCCC(CCCCCCCC)(CCCCCCCC)C(=O)O)C(=O)O. The van der Waals surface area contributed by atoms with Crippen molar-refractivity contribution in [2.75, 3.05) is 0 Å². The van der Waals surface area contributed by atoms with E-state index in [1.54, 1.807) is 0 Å². The van der Waals surface area contributed by atoms with Crippen LogP contribution in [0.2, 0.25) is 0 Å². The molecule has 0 radical (unpaired) electrons. The first-order valence-electron chi connectivity index (χ1n) is 24.3. The third kappa shape index (κ3) is 28.9. The molecule has 316 valence electrons. The topological polar surface area (TPSA) is 74.6 Å². The summed E-state index contributed by atoms with van der Waals surface area (Å²) in [7, 11) is 0. The predicted molar refractivity (Wildman–Crippen MR) is 232 cm³/mol. The number of rotatable bonds is 44. The average Bonchev–Trinajstić information content (AvgIpc) is 3.14. The van der Waals surface area contributed by atoms with Crippen LogP contribution < -0.4 is 0 Å². The number of carboxylic acids is 2. The second kappa shape index (κ2) is 37.8. The minimum absolute atomic E-state index is 0.498. The van der Waals surface area contributed by atoms with Gasteiger partial charge < -0.3 is 10.2 Å². The van der Waals surface area contributed by atoms with Gasteiger partial charge in [0, 0.05) is 0 Å². The summed E-state index contributed by atoms with van der Waals surface area (Å²) in [5, 5.41) is 20.9. The van der Waals surface area contributed by atoms with Crippen molar-refractivity contribution in [3.05, 3.63) is 0 Å². The van der Waals surface area contributed by atoms with Gasteiger partial charge in [-0.3, -0.25) is 9.59 Å². The van der Waals surface area contributed by atoms with Crippen LogP contribution >= 0.6 is 0 Å². The maximum absolute atomic E-state index is 12.7. The van der Waals surface area contributed by atoms with Gasteiger partial charge in [-0.1, -0.05) is 252 Å². The molecular formula is C49H96O4. The molecule has 0 atom stereocenters. The van der Waals surface area contributed by atoms with E-state index in [1.807, 2.05) is 0 Å². The van der Waals surface area contributed by atoms with Gasteiger partial charge in [0.15, 0.2) is 0 Å². The van der Waals surface area contributed by atoms with Crippen molar-refractivity contribution in [2.24, 2.45) is 10.8 Å². The quantitative estimate of drug-likeness (QED) is 0.0609. The Bertz CT molecular complexity index is 695. The molecule has 0 aromatic rings. The molecular weight excluding hydrogens is 653 g/mol. The van der Waals surface area contributed by atoms with E-state index in [-0.39, 0.29) is 0 Å². The van der Waals surface area contributed by atoms with Gasteiger partial charge >= 0.3 is 11.9 Å². The standard InChI is InChI=1S/C49H96O4/c1-5-9-13-17-28-34-40-48(46(50)51,41-35-29-18-14-10-6-2)44-38-32-26-24-22-21-23-25-27-33-39-45-49(47(52)53,42-36-30-19-15-11-7-3)43-37-31-20-16-12-8-4/h5-45H2,1-4H3,(H,50,51)(H,52,53). The highest BCUT2D eigenvalue weighted by molar-refractivity contribution is 5.75. The summed E-state index contributed by atoms with van der Waals surface area (Å²) in [5.41, 5.74) is -0.996. The molecule has 0 spiro atoms. The zero-order chi connectivity index (χ0) is 39.1. The summed E-state index contributed by atoms with van der Waals surface area (Å²) >= 11 is 0. The van der Waals surface area contributed by atoms with Crippen LogP contribution in [0, 0.1) is 10.8 Å². The van der Waals surface area contributed by atoms with Crippen LogP contribution in [-0.2, 0) is 9.59 Å². The Morgan fingerprint density at radius 1 is 0.264 bits per heavy atom. The van der Waals surface area contributed by atoms with E-state index in [4.69, 9.17) is 0 Å². The van der Waals surface area contributed by atoms with Crippen LogP contribution in [0.5, 0.6) is 0 Å². The van der Waals surface area contributed by atoms with Crippen molar-refractivity contribution in [3.63, 3.8) is 0 Å². The minimum Gasteiger partial charge on any atom is -0.481 e. The average molecular weight is 749 g/mol. The number of unbranched alkanes of at least 4 members (excludes halogenated alkanes) is 30. The summed E-state index contributed by atoms with van der Waals surface area (Å²) in [5.74, 6) is -1.05. The third-order valence-electron chi connectivity index (χ3n) is 12.8. The molecule has 4 nitrogen and oxygen atoms in total.